The summed E-state index contributed by atoms with van der Waals surface area (Å²) in [5.74, 6) is 0.181. The van der Waals surface area contributed by atoms with Gasteiger partial charge in [-0.1, -0.05) is 55.8 Å². The van der Waals surface area contributed by atoms with E-state index >= 15 is 0 Å². The number of carbonyl (C=O) groups excluding carboxylic acids is 1. The molecule has 0 fully saturated rings. The normalized spacial score (nSPS) is 15.1. The Kier molecular flexibility index (Phi) is 7.91. The number of carbonyl (C=O) groups is 1. The summed E-state index contributed by atoms with van der Waals surface area (Å²) < 4.78 is 14.3. The summed E-state index contributed by atoms with van der Waals surface area (Å²) in [5.41, 5.74) is 3.25. The van der Waals surface area contributed by atoms with Crippen molar-refractivity contribution in [2.75, 3.05) is 19.8 Å². The molecule has 0 bridgehead atoms. The van der Waals surface area contributed by atoms with Crippen molar-refractivity contribution in [1.82, 2.24) is 9.88 Å². The van der Waals surface area contributed by atoms with Crippen LogP contribution in [0, 0.1) is 0 Å². The molecule has 1 unspecified atom stereocenters. The topological polar surface area (TPSA) is 69.6 Å². The molecule has 5 rings (SSSR count). The molecule has 0 aliphatic heterocycles. The molecule has 2 aromatic heterocycles. The van der Waals surface area contributed by atoms with Crippen molar-refractivity contribution in [3.05, 3.63) is 74.9 Å². The molecule has 2 heterocycles. The molecule has 0 saturated carbocycles. The summed E-state index contributed by atoms with van der Waals surface area (Å²) in [6.45, 7) is 5.91. The maximum Gasteiger partial charge on any atom is 0.265 e. The number of aryl methyl sites for hydroxylation is 2. The number of fused-ring (bicyclic) bond motifs is 4. The number of amides is 1. The second-order valence-electron chi connectivity index (χ2n) is 9.45. The quantitative estimate of drug-likeness (QED) is 0.252. The molecule has 1 amide bonds. The predicted octanol–water partition coefficient (Wildman–Crippen LogP) is 6.24. The average molecular weight is 519 g/mol. The van der Waals surface area contributed by atoms with Crippen LogP contribution >= 0.6 is 11.3 Å². The van der Waals surface area contributed by atoms with E-state index in [-0.39, 0.29) is 24.1 Å². The summed E-state index contributed by atoms with van der Waals surface area (Å²) in [6, 6.07) is 16.2. The Morgan fingerprint density at radius 2 is 1.92 bits per heavy atom. The van der Waals surface area contributed by atoms with Crippen LogP contribution in [-0.4, -0.2) is 30.3 Å². The highest BCUT2D eigenvalue weighted by atomic mass is 32.1. The molecule has 1 atom stereocenters. The number of ether oxygens (including phenoxy) is 2. The van der Waals surface area contributed by atoms with Crippen LogP contribution in [0.3, 0.4) is 0 Å². The van der Waals surface area contributed by atoms with Crippen molar-refractivity contribution >= 4 is 38.2 Å². The highest BCUT2D eigenvalue weighted by Crippen LogP contribution is 2.40. The van der Waals surface area contributed by atoms with E-state index in [1.165, 1.54) is 22.5 Å². The first-order valence-corrected chi connectivity index (χ1v) is 14.1. The summed E-state index contributed by atoms with van der Waals surface area (Å²) in [7, 11) is 0. The van der Waals surface area contributed by atoms with E-state index in [9.17, 15) is 9.59 Å². The molecule has 6 nitrogen and oxygen atoms in total. The molecule has 1 aliphatic rings. The van der Waals surface area contributed by atoms with Crippen molar-refractivity contribution < 1.29 is 14.3 Å². The molecule has 0 saturated heterocycles. The number of para-hydroxylation sites is 1. The van der Waals surface area contributed by atoms with Gasteiger partial charge in [0.15, 0.2) is 5.75 Å². The highest BCUT2D eigenvalue weighted by molar-refractivity contribution is 7.22. The number of thiophene rings is 1. The Labute approximate surface area is 221 Å². The maximum absolute atomic E-state index is 13.9. The Hall–Kier alpha value is -3.16. The van der Waals surface area contributed by atoms with Gasteiger partial charge in [-0.25, -0.2) is 0 Å². The maximum atomic E-state index is 13.9. The molecular weight excluding hydrogens is 484 g/mol. The Morgan fingerprint density at radius 1 is 1.11 bits per heavy atom. The average Bonchev–Trinajstić information content (AvgIpc) is 3.31. The number of rotatable bonds is 10. The fraction of sp³-hybridized carbons (Fsp3) is 0.400. The molecule has 0 radical (unpaired) electrons. The van der Waals surface area contributed by atoms with Gasteiger partial charge < -0.3 is 19.4 Å². The van der Waals surface area contributed by atoms with Crippen molar-refractivity contribution in [1.29, 1.82) is 0 Å². The van der Waals surface area contributed by atoms with E-state index in [0.29, 0.717) is 35.8 Å². The lowest BCUT2D eigenvalue weighted by Crippen LogP contribution is -2.30. The minimum Gasteiger partial charge on any atom is -0.489 e. The van der Waals surface area contributed by atoms with Gasteiger partial charge >= 0.3 is 0 Å². The number of hydrogen-bond acceptors (Lipinski definition) is 5. The smallest absolute Gasteiger partial charge is 0.265 e. The molecular formula is C30H34N2O4S. The minimum atomic E-state index is -0.196. The zero-order valence-electron chi connectivity index (χ0n) is 21.5. The van der Waals surface area contributed by atoms with Gasteiger partial charge in [-0.2, -0.15) is 0 Å². The summed E-state index contributed by atoms with van der Waals surface area (Å²) in [6.07, 6.45) is 4.82. The number of unbranched alkanes of at least 4 members (excludes halogenated alkanes) is 1. The lowest BCUT2D eigenvalue weighted by molar-refractivity contribution is 0.0923. The summed E-state index contributed by atoms with van der Waals surface area (Å²) in [5, 5.41) is 4.72. The lowest BCUT2D eigenvalue weighted by Gasteiger charge is -2.26. The zero-order chi connectivity index (χ0) is 25.8. The third kappa shape index (κ3) is 5.03. The minimum absolute atomic E-state index is 0.0584. The Balaban J connectivity index is 1.61. The van der Waals surface area contributed by atoms with Gasteiger partial charge in [0.2, 0.25) is 0 Å². The van der Waals surface area contributed by atoms with Crippen molar-refractivity contribution in [3.8, 4) is 5.75 Å². The number of nitrogens with zero attached hydrogens (tertiary/aromatic N) is 1. The van der Waals surface area contributed by atoms with Crippen LogP contribution in [-0.2, 0) is 17.7 Å². The number of aromatic nitrogens is 1. The molecule has 194 valence electrons. The predicted molar refractivity (Wildman–Crippen MR) is 150 cm³/mol. The fourth-order valence-corrected chi connectivity index (χ4v) is 6.42. The number of benzene rings is 2. The van der Waals surface area contributed by atoms with E-state index in [1.807, 2.05) is 47.9 Å². The third-order valence-corrected chi connectivity index (χ3v) is 8.26. The van der Waals surface area contributed by atoms with E-state index in [1.54, 1.807) is 0 Å². The molecule has 4 aromatic rings. The molecule has 7 heteroatoms. The van der Waals surface area contributed by atoms with Gasteiger partial charge in [-0.05, 0) is 49.8 Å². The SMILES string of the molecule is CCCCn1c(=O)c2c(OCCOCC)c(C(=O)NC3CCCc4ccccc43)sc2c2ccccc21. The largest absolute Gasteiger partial charge is 0.489 e. The van der Waals surface area contributed by atoms with Crippen LogP contribution in [0.25, 0.3) is 21.0 Å². The number of hydrogen-bond donors (Lipinski definition) is 1. The molecule has 37 heavy (non-hydrogen) atoms. The van der Waals surface area contributed by atoms with Crippen LogP contribution < -0.4 is 15.6 Å². The second-order valence-corrected chi connectivity index (χ2v) is 10.5. The van der Waals surface area contributed by atoms with Gasteiger partial charge in [-0.3, -0.25) is 9.59 Å². The molecule has 2 aromatic carbocycles. The number of nitrogens with one attached hydrogen (secondary N) is 1. The Morgan fingerprint density at radius 3 is 2.76 bits per heavy atom. The van der Waals surface area contributed by atoms with Gasteiger partial charge in [0.05, 0.1) is 22.9 Å². The van der Waals surface area contributed by atoms with E-state index in [4.69, 9.17) is 9.47 Å². The van der Waals surface area contributed by atoms with Gasteiger partial charge in [0, 0.05) is 18.5 Å². The van der Waals surface area contributed by atoms with Crippen LogP contribution in [0.1, 0.15) is 66.4 Å². The molecule has 1 N–H and O–H groups in total. The summed E-state index contributed by atoms with van der Waals surface area (Å²) >= 11 is 1.35. The monoisotopic (exact) mass is 518 g/mol. The third-order valence-electron chi connectivity index (χ3n) is 7.06. The Bertz CT molecular complexity index is 1470. The fourth-order valence-electron chi connectivity index (χ4n) is 5.25. The highest BCUT2D eigenvalue weighted by Gasteiger charge is 2.28. The summed E-state index contributed by atoms with van der Waals surface area (Å²) in [4.78, 5) is 28.1. The van der Waals surface area contributed by atoms with Crippen LogP contribution in [0.15, 0.2) is 53.3 Å². The van der Waals surface area contributed by atoms with E-state index in [2.05, 4.69) is 24.4 Å². The van der Waals surface area contributed by atoms with Crippen LogP contribution in [0.2, 0.25) is 0 Å². The molecule has 1 aliphatic carbocycles. The van der Waals surface area contributed by atoms with E-state index in [0.717, 1.165) is 47.7 Å². The van der Waals surface area contributed by atoms with Gasteiger partial charge in [-0.15, -0.1) is 11.3 Å². The lowest BCUT2D eigenvalue weighted by atomic mass is 9.88. The van der Waals surface area contributed by atoms with Crippen LogP contribution in [0.5, 0.6) is 5.75 Å². The second kappa shape index (κ2) is 11.5. The van der Waals surface area contributed by atoms with Crippen molar-refractivity contribution in [2.24, 2.45) is 0 Å². The first-order valence-electron chi connectivity index (χ1n) is 13.3. The first-order chi connectivity index (χ1) is 18.1. The van der Waals surface area contributed by atoms with Gasteiger partial charge in [0.1, 0.15) is 16.9 Å². The number of pyridine rings is 1. The zero-order valence-corrected chi connectivity index (χ0v) is 22.4. The van der Waals surface area contributed by atoms with E-state index < -0.39 is 0 Å². The first kappa shape index (κ1) is 25.5. The standard InChI is InChI=1S/C30H34N2O4S/c1-3-5-17-32-24-16-9-8-14-22(24)27-25(30(32)34)26(36-19-18-35-4-2)28(37-27)29(33)31-23-15-10-12-20-11-6-7-13-21(20)23/h6-9,11,13-14,16,23H,3-5,10,12,15,17-19H2,1-2H3,(H,31,33). The molecule has 0 spiro atoms. The van der Waals surface area contributed by atoms with Crippen molar-refractivity contribution in [3.63, 3.8) is 0 Å². The van der Waals surface area contributed by atoms with Gasteiger partial charge in [0.25, 0.3) is 11.5 Å². The van der Waals surface area contributed by atoms with Crippen molar-refractivity contribution in [2.45, 2.75) is 58.5 Å². The van der Waals surface area contributed by atoms with Crippen LogP contribution in [0.4, 0.5) is 0 Å².